The zero-order valence-electron chi connectivity index (χ0n) is 16.3. The summed E-state index contributed by atoms with van der Waals surface area (Å²) < 4.78 is 18.7. The highest BCUT2D eigenvalue weighted by Gasteiger charge is 2.47. The fraction of sp³-hybridized carbons (Fsp3) is 0.619. The largest absolute Gasteiger partial charge is 0.444 e. The quantitative estimate of drug-likeness (QED) is 0.819. The minimum atomic E-state index is -0.553. The van der Waals surface area contributed by atoms with Gasteiger partial charge >= 0.3 is 6.09 Å². The summed E-state index contributed by atoms with van der Waals surface area (Å²) in [6.07, 6.45) is 4.00. The normalized spacial score (nSPS) is 23.6. The van der Waals surface area contributed by atoms with Gasteiger partial charge in [0.05, 0.1) is 5.54 Å². The Morgan fingerprint density at radius 3 is 2.59 bits per heavy atom. The van der Waals surface area contributed by atoms with Crippen molar-refractivity contribution in [1.82, 2.24) is 10.6 Å². The predicted molar refractivity (Wildman–Crippen MR) is 101 cm³/mol. The summed E-state index contributed by atoms with van der Waals surface area (Å²) in [5.41, 5.74) is -0.0895. The van der Waals surface area contributed by atoms with E-state index in [1.54, 1.807) is 6.07 Å². The number of amides is 2. The summed E-state index contributed by atoms with van der Waals surface area (Å²) in [6, 6.07) is 6.47. The Labute approximate surface area is 160 Å². The van der Waals surface area contributed by atoms with Crippen molar-refractivity contribution in [3.8, 4) is 0 Å². The Morgan fingerprint density at radius 2 is 1.96 bits per heavy atom. The lowest BCUT2D eigenvalue weighted by Crippen LogP contribution is -2.54. The molecule has 5 nitrogen and oxygen atoms in total. The van der Waals surface area contributed by atoms with Crippen molar-refractivity contribution >= 4 is 12.0 Å². The lowest BCUT2D eigenvalue weighted by molar-refractivity contribution is -0.124. The van der Waals surface area contributed by atoms with Gasteiger partial charge in [0, 0.05) is 12.5 Å². The van der Waals surface area contributed by atoms with Crippen LogP contribution in [-0.2, 0) is 9.53 Å². The van der Waals surface area contributed by atoms with Gasteiger partial charge in [0.2, 0.25) is 5.91 Å². The van der Waals surface area contributed by atoms with E-state index in [9.17, 15) is 14.0 Å². The van der Waals surface area contributed by atoms with E-state index in [0.717, 1.165) is 37.7 Å². The molecule has 0 saturated heterocycles. The molecule has 2 N–H and O–H groups in total. The highest BCUT2D eigenvalue weighted by molar-refractivity contribution is 5.83. The van der Waals surface area contributed by atoms with Crippen molar-refractivity contribution in [2.24, 2.45) is 5.92 Å². The number of hydrogen-bond acceptors (Lipinski definition) is 3. The molecule has 2 amide bonds. The Kier molecular flexibility index (Phi) is 5.45. The number of ether oxygens (including phenoxy) is 1. The van der Waals surface area contributed by atoms with Gasteiger partial charge in [-0.15, -0.1) is 0 Å². The fourth-order valence-corrected chi connectivity index (χ4v) is 3.90. The first-order valence-electron chi connectivity index (χ1n) is 9.72. The molecule has 0 aliphatic heterocycles. The highest BCUT2D eigenvalue weighted by Crippen LogP contribution is 2.48. The third kappa shape index (κ3) is 5.21. The minimum Gasteiger partial charge on any atom is -0.444 e. The lowest BCUT2D eigenvalue weighted by atomic mass is 9.96. The number of halogens is 1. The third-order valence-electron chi connectivity index (χ3n) is 5.32. The van der Waals surface area contributed by atoms with E-state index in [1.165, 1.54) is 12.1 Å². The molecule has 1 aromatic carbocycles. The molecule has 2 aliphatic carbocycles. The highest BCUT2D eigenvalue weighted by atomic mass is 19.1. The molecule has 2 aliphatic rings. The molecule has 0 heterocycles. The second-order valence-corrected chi connectivity index (χ2v) is 8.84. The summed E-state index contributed by atoms with van der Waals surface area (Å²) >= 11 is 0. The van der Waals surface area contributed by atoms with Crippen LogP contribution in [0.15, 0.2) is 24.3 Å². The van der Waals surface area contributed by atoms with E-state index in [4.69, 9.17) is 4.74 Å². The van der Waals surface area contributed by atoms with Gasteiger partial charge in [-0.2, -0.15) is 0 Å². The van der Waals surface area contributed by atoms with Crippen LogP contribution in [0.25, 0.3) is 0 Å². The van der Waals surface area contributed by atoms with Gasteiger partial charge < -0.3 is 15.4 Å². The molecule has 1 aromatic rings. The van der Waals surface area contributed by atoms with Crippen LogP contribution >= 0.6 is 0 Å². The van der Waals surface area contributed by atoms with Gasteiger partial charge in [-0.3, -0.25) is 4.79 Å². The standard InChI is InChI=1S/C21H29FN2O3/c1-20(2,3)27-19(26)23-13-21(9-4-5-10-21)24-18(25)17-12-16(17)14-7-6-8-15(22)11-14/h6-8,11,16-17H,4-5,9-10,12-13H2,1-3H3,(H,23,26)(H,24,25). The van der Waals surface area contributed by atoms with Gasteiger partial charge in [-0.1, -0.05) is 25.0 Å². The van der Waals surface area contributed by atoms with Crippen molar-refractivity contribution < 1.29 is 18.7 Å². The Bertz CT molecular complexity index is 708. The first-order valence-corrected chi connectivity index (χ1v) is 9.72. The van der Waals surface area contributed by atoms with Gasteiger partial charge in [0.1, 0.15) is 11.4 Å². The summed E-state index contributed by atoms with van der Waals surface area (Å²) in [5.74, 6) is -0.312. The van der Waals surface area contributed by atoms with Crippen LogP contribution in [0.2, 0.25) is 0 Å². The van der Waals surface area contributed by atoms with E-state index >= 15 is 0 Å². The van der Waals surface area contributed by atoms with E-state index < -0.39 is 17.2 Å². The number of hydrogen-bond donors (Lipinski definition) is 2. The SMILES string of the molecule is CC(C)(C)OC(=O)NCC1(NC(=O)C2CC2c2cccc(F)c2)CCCC1. The van der Waals surface area contributed by atoms with Crippen molar-refractivity contribution in [3.05, 3.63) is 35.6 Å². The van der Waals surface area contributed by atoms with E-state index in [0.29, 0.717) is 6.54 Å². The molecule has 2 atom stereocenters. The second kappa shape index (κ2) is 7.49. The van der Waals surface area contributed by atoms with Crippen LogP contribution in [0, 0.1) is 11.7 Å². The van der Waals surface area contributed by atoms with Crippen LogP contribution in [0.5, 0.6) is 0 Å². The summed E-state index contributed by atoms with van der Waals surface area (Å²) in [7, 11) is 0. The summed E-state index contributed by atoms with van der Waals surface area (Å²) in [5, 5.41) is 6.00. The lowest BCUT2D eigenvalue weighted by Gasteiger charge is -2.31. The number of nitrogens with one attached hydrogen (secondary N) is 2. The Balaban J connectivity index is 1.56. The molecule has 0 radical (unpaired) electrons. The monoisotopic (exact) mass is 376 g/mol. The number of carbonyl (C=O) groups excluding carboxylic acids is 2. The number of rotatable bonds is 5. The first-order chi connectivity index (χ1) is 12.7. The van der Waals surface area contributed by atoms with Crippen LogP contribution in [0.1, 0.15) is 64.4 Å². The van der Waals surface area contributed by atoms with Crippen LogP contribution in [-0.4, -0.2) is 29.7 Å². The van der Waals surface area contributed by atoms with Gasteiger partial charge in [0.25, 0.3) is 0 Å². The van der Waals surface area contributed by atoms with Gasteiger partial charge in [-0.25, -0.2) is 9.18 Å². The molecule has 148 valence electrons. The molecule has 6 heteroatoms. The maximum Gasteiger partial charge on any atom is 0.407 e. The van der Waals surface area contributed by atoms with Gasteiger partial charge in [-0.05, 0) is 63.6 Å². The van der Waals surface area contributed by atoms with Crippen molar-refractivity contribution in [3.63, 3.8) is 0 Å². The molecule has 0 spiro atoms. The average molecular weight is 376 g/mol. The molecular weight excluding hydrogens is 347 g/mol. The maximum atomic E-state index is 13.4. The van der Waals surface area contributed by atoms with Crippen LogP contribution in [0.3, 0.4) is 0 Å². The van der Waals surface area contributed by atoms with Crippen molar-refractivity contribution in [2.75, 3.05) is 6.54 Å². The Hall–Kier alpha value is -2.11. The summed E-state index contributed by atoms with van der Waals surface area (Å²) in [6.45, 7) is 5.82. The minimum absolute atomic E-state index is 0.00264. The first kappa shape index (κ1) is 19.6. The zero-order chi connectivity index (χ0) is 19.7. The van der Waals surface area contributed by atoms with E-state index in [-0.39, 0.29) is 23.6 Å². The molecule has 27 heavy (non-hydrogen) atoms. The molecule has 0 aromatic heterocycles. The smallest absolute Gasteiger partial charge is 0.407 e. The fourth-order valence-electron chi connectivity index (χ4n) is 3.90. The molecule has 2 fully saturated rings. The van der Waals surface area contributed by atoms with E-state index in [2.05, 4.69) is 10.6 Å². The van der Waals surface area contributed by atoms with Crippen LogP contribution < -0.4 is 10.6 Å². The Morgan fingerprint density at radius 1 is 1.26 bits per heavy atom. The van der Waals surface area contributed by atoms with Crippen molar-refractivity contribution in [1.29, 1.82) is 0 Å². The molecule has 2 saturated carbocycles. The zero-order valence-corrected chi connectivity index (χ0v) is 16.3. The summed E-state index contributed by atoms with van der Waals surface area (Å²) in [4.78, 5) is 24.7. The second-order valence-electron chi connectivity index (χ2n) is 8.84. The predicted octanol–water partition coefficient (Wildman–Crippen LogP) is 3.88. The molecule has 3 rings (SSSR count). The average Bonchev–Trinajstić information content (AvgIpc) is 3.25. The number of carbonyl (C=O) groups is 2. The third-order valence-corrected chi connectivity index (χ3v) is 5.32. The molecule has 2 unspecified atom stereocenters. The topological polar surface area (TPSA) is 67.4 Å². The number of benzene rings is 1. The van der Waals surface area contributed by atoms with Gasteiger partial charge in [0.15, 0.2) is 0 Å². The van der Waals surface area contributed by atoms with Crippen LogP contribution in [0.4, 0.5) is 9.18 Å². The number of alkyl carbamates (subject to hydrolysis) is 1. The molecular formula is C21H29FN2O3. The van der Waals surface area contributed by atoms with E-state index in [1.807, 2.05) is 26.8 Å². The molecule has 0 bridgehead atoms. The maximum absolute atomic E-state index is 13.4. The van der Waals surface area contributed by atoms with Crippen molar-refractivity contribution in [2.45, 2.75) is 69.9 Å².